The largest absolute Gasteiger partial charge is 0.370 e. The molecule has 1 aromatic carbocycles. The van der Waals surface area contributed by atoms with Crippen LogP contribution in [0.25, 0.3) is 0 Å². The first-order valence-electron chi connectivity index (χ1n) is 8.10. The van der Waals surface area contributed by atoms with Gasteiger partial charge in [0.1, 0.15) is 0 Å². The van der Waals surface area contributed by atoms with E-state index in [9.17, 15) is 9.59 Å². The summed E-state index contributed by atoms with van der Waals surface area (Å²) in [4.78, 5) is 32.0. The van der Waals surface area contributed by atoms with Crippen molar-refractivity contribution in [3.05, 3.63) is 35.4 Å². The number of carbonyl (C=O) groups is 2. The summed E-state index contributed by atoms with van der Waals surface area (Å²) in [5.74, 6) is 0.157. The molecular formula is C17H25IN4O2. The molecule has 7 heteroatoms. The number of amides is 2. The van der Waals surface area contributed by atoms with Crippen LogP contribution in [0.5, 0.6) is 0 Å². The molecule has 132 valence electrons. The lowest BCUT2D eigenvalue weighted by Crippen LogP contribution is -2.37. The minimum atomic E-state index is -0.197. The fourth-order valence-electron chi connectivity index (χ4n) is 2.67. The van der Waals surface area contributed by atoms with E-state index >= 15 is 0 Å². The maximum Gasteiger partial charge on any atom is 0.261 e. The van der Waals surface area contributed by atoms with Crippen LogP contribution in [0.3, 0.4) is 0 Å². The zero-order valence-corrected chi connectivity index (χ0v) is 16.5. The minimum absolute atomic E-state index is 0. The van der Waals surface area contributed by atoms with Crippen molar-refractivity contribution in [2.24, 2.45) is 10.7 Å². The number of imide groups is 1. The topological polar surface area (TPSA) is 79.0 Å². The Morgan fingerprint density at radius 3 is 2.12 bits per heavy atom. The zero-order chi connectivity index (χ0) is 16.8. The van der Waals surface area contributed by atoms with Crippen LogP contribution in [0.1, 0.15) is 47.4 Å². The average molecular weight is 444 g/mol. The standard InChI is InChI=1S/C17H24N4O2.HI/c1-3-20(4-2)17(18)19-11-7-8-12-21-15(22)13-9-5-6-10-14(13)16(21)23;/h5-6,9-10H,3-4,7-8,11-12H2,1-2H3,(H2,18,19);1H. The molecular weight excluding hydrogens is 419 g/mol. The summed E-state index contributed by atoms with van der Waals surface area (Å²) in [5.41, 5.74) is 6.90. The molecule has 0 saturated heterocycles. The number of halogens is 1. The second-order valence-electron chi connectivity index (χ2n) is 5.43. The smallest absolute Gasteiger partial charge is 0.261 e. The number of benzene rings is 1. The van der Waals surface area contributed by atoms with Crippen LogP contribution < -0.4 is 5.73 Å². The van der Waals surface area contributed by atoms with E-state index in [1.54, 1.807) is 24.3 Å². The van der Waals surface area contributed by atoms with E-state index in [4.69, 9.17) is 5.73 Å². The highest BCUT2D eigenvalue weighted by atomic mass is 127. The van der Waals surface area contributed by atoms with Crippen LogP contribution in [0.4, 0.5) is 0 Å². The van der Waals surface area contributed by atoms with Gasteiger partial charge < -0.3 is 10.6 Å². The number of nitrogens with two attached hydrogens (primary N) is 1. The molecule has 0 aliphatic carbocycles. The highest BCUT2D eigenvalue weighted by Gasteiger charge is 2.34. The van der Waals surface area contributed by atoms with E-state index < -0.39 is 0 Å². The normalized spacial score (nSPS) is 13.8. The van der Waals surface area contributed by atoms with Crippen LogP contribution >= 0.6 is 24.0 Å². The van der Waals surface area contributed by atoms with E-state index in [1.165, 1.54) is 4.90 Å². The van der Waals surface area contributed by atoms with Gasteiger partial charge in [-0.1, -0.05) is 12.1 Å². The van der Waals surface area contributed by atoms with E-state index in [0.717, 1.165) is 25.9 Å². The molecule has 24 heavy (non-hydrogen) atoms. The first-order chi connectivity index (χ1) is 11.1. The van der Waals surface area contributed by atoms with Gasteiger partial charge in [-0.15, -0.1) is 24.0 Å². The van der Waals surface area contributed by atoms with Crippen molar-refractivity contribution in [1.29, 1.82) is 0 Å². The van der Waals surface area contributed by atoms with Crippen LogP contribution in [0.15, 0.2) is 29.3 Å². The first-order valence-corrected chi connectivity index (χ1v) is 8.10. The molecule has 1 aliphatic heterocycles. The van der Waals surface area contributed by atoms with Crippen molar-refractivity contribution in [2.45, 2.75) is 26.7 Å². The fourth-order valence-corrected chi connectivity index (χ4v) is 2.67. The maximum atomic E-state index is 12.2. The second-order valence-corrected chi connectivity index (χ2v) is 5.43. The van der Waals surface area contributed by atoms with Crippen molar-refractivity contribution in [1.82, 2.24) is 9.80 Å². The number of carbonyl (C=O) groups excluding carboxylic acids is 2. The molecule has 0 unspecified atom stereocenters. The summed E-state index contributed by atoms with van der Waals surface area (Å²) < 4.78 is 0. The molecule has 1 aromatic rings. The number of fused-ring (bicyclic) bond motifs is 1. The quantitative estimate of drug-likeness (QED) is 0.230. The molecule has 2 amide bonds. The number of hydrogen-bond donors (Lipinski definition) is 1. The number of guanidine groups is 1. The third kappa shape index (κ3) is 4.46. The lowest BCUT2D eigenvalue weighted by Gasteiger charge is -2.19. The van der Waals surface area contributed by atoms with E-state index in [-0.39, 0.29) is 35.8 Å². The van der Waals surface area contributed by atoms with Gasteiger partial charge in [-0.25, -0.2) is 0 Å². The Balaban J connectivity index is 0.00000288. The van der Waals surface area contributed by atoms with Gasteiger partial charge in [0, 0.05) is 26.2 Å². The molecule has 0 fully saturated rings. The van der Waals surface area contributed by atoms with E-state index in [2.05, 4.69) is 4.99 Å². The van der Waals surface area contributed by atoms with Gasteiger partial charge in [0.05, 0.1) is 11.1 Å². The molecule has 1 aliphatic rings. The summed E-state index contributed by atoms with van der Waals surface area (Å²) in [5, 5.41) is 0. The highest BCUT2D eigenvalue weighted by molar-refractivity contribution is 14.0. The van der Waals surface area contributed by atoms with Crippen molar-refractivity contribution in [3.63, 3.8) is 0 Å². The molecule has 0 atom stereocenters. The van der Waals surface area contributed by atoms with Gasteiger partial charge in [0.15, 0.2) is 5.96 Å². The second kappa shape index (κ2) is 9.61. The Morgan fingerprint density at radius 2 is 1.62 bits per heavy atom. The van der Waals surface area contributed by atoms with Crippen LogP contribution in [0.2, 0.25) is 0 Å². The maximum absolute atomic E-state index is 12.2. The van der Waals surface area contributed by atoms with Crippen molar-refractivity contribution in [2.75, 3.05) is 26.2 Å². The van der Waals surface area contributed by atoms with Crippen molar-refractivity contribution < 1.29 is 9.59 Å². The molecule has 0 aromatic heterocycles. The molecule has 6 nitrogen and oxygen atoms in total. The van der Waals surface area contributed by atoms with Gasteiger partial charge in [-0.3, -0.25) is 19.5 Å². The Kier molecular flexibility index (Phi) is 8.17. The summed E-state index contributed by atoms with van der Waals surface area (Å²) in [6.07, 6.45) is 1.51. The van der Waals surface area contributed by atoms with Crippen LogP contribution in [-0.2, 0) is 0 Å². The van der Waals surface area contributed by atoms with E-state index in [0.29, 0.717) is 30.2 Å². The third-order valence-electron chi connectivity index (χ3n) is 4.03. The zero-order valence-electron chi connectivity index (χ0n) is 14.2. The van der Waals surface area contributed by atoms with Crippen LogP contribution in [0, 0.1) is 0 Å². The van der Waals surface area contributed by atoms with Gasteiger partial charge in [-0.2, -0.15) is 0 Å². The SMILES string of the molecule is CCN(CC)C(N)=NCCCCN1C(=O)c2ccccc2C1=O.I. The van der Waals surface area contributed by atoms with Crippen LogP contribution in [-0.4, -0.2) is 53.8 Å². The molecule has 1 heterocycles. The predicted octanol–water partition coefficient (Wildman–Crippen LogP) is 2.34. The van der Waals surface area contributed by atoms with Gasteiger partial charge in [0.25, 0.3) is 11.8 Å². The first kappa shape index (κ1) is 20.4. The molecule has 2 rings (SSSR count). The molecule has 0 bridgehead atoms. The number of unbranched alkanes of at least 4 members (excludes halogenated alkanes) is 1. The fraction of sp³-hybridized carbons (Fsp3) is 0.471. The van der Waals surface area contributed by atoms with Crippen molar-refractivity contribution >= 4 is 41.8 Å². The van der Waals surface area contributed by atoms with E-state index in [1.807, 2.05) is 18.7 Å². The summed E-state index contributed by atoms with van der Waals surface area (Å²) in [7, 11) is 0. The minimum Gasteiger partial charge on any atom is -0.370 e. The van der Waals surface area contributed by atoms with Gasteiger partial charge in [-0.05, 0) is 38.8 Å². The molecule has 2 N–H and O–H groups in total. The monoisotopic (exact) mass is 444 g/mol. The predicted molar refractivity (Wildman–Crippen MR) is 106 cm³/mol. The highest BCUT2D eigenvalue weighted by Crippen LogP contribution is 2.22. The Labute approximate surface area is 160 Å². The van der Waals surface area contributed by atoms with Gasteiger partial charge >= 0.3 is 0 Å². The molecule has 0 radical (unpaired) electrons. The Bertz CT molecular complexity index is 579. The van der Waals surface area contributed by atoms with Gasteiger partial charge in [0.2, 0.25) is 0 Å². The number of nitrogens with zero attached hydrogens (tertiary/aromatic N) is 3. The lowest BCUT2D eigenvalue weighted by atomic mass is 10.1. The van der Waals surface area contributed by atoms with Crippen molar-refractivity contribution in [3.8, 4) is 0 Å². The molecule has 0 saturated carbocycles. The number of aliphatic imine (C=N–C) groups is 1. The molecule has 0 spiro atoms. The summed E-state index contributed by atoms with van der Waals surface area (Å²) in [6.45, 7) is 6.77. The number of hydrogen-bond acceptors (Lipinski definition) is 3. The summed E-state index contributed by atoms with van der Waals surface area (Å²) >= 11 is 0. The Hall–Kier alpha value is -1.64. The Morgan fingerprint density at radius 1 is 1.08 bits per heavy atom. The number of rotatable bonds is 7. The summed E-state index contributed by atoms with van der Waals surface area (Å²) in [6, 6.07) is 6.95. The third-order valence-corrected chi connectivity index (χ3v) is 4.03. The average Bonchev–Trinajstić information content (AvgIpc) is 2.81. The lowest BCUT2D eigenvalue weighted by molar-refractivity contribution is 0.0652.